The Kier molecular flexibility index (Phi) is 3.72. The van der Waals surface area contributed by atoms with Gasteiger partial charge in [0.25, 0.3) is 5.91 Å². The molecule has 0 spiro atoms. The first-order chi connectivity index (χ1) is 11.6. The molecule has 1 N–H and O–H groups in total. The molecule has 0 atom stereocenters. The van der Waals surface area contributed by atoms with Gasteiger partial charge in [-0.25, -0.2) is 9.37 Å². The highest BCUT2D eigenvalue weighted by molar-refractivity contribution is 7.15. The molecule has 2 aromatic heterocycles. The van der Waals surface area contributed by atoms with Crippen LogP contribution in [-0.2, 0) is 0 Å². The highest BCUT2D eigenvalue weighted by Gasteiger charge is 2.24. The lowest BCUT2D eigenvalue weighted by molar-refractivity contribution is 0.0742. The number of halogens is 1. The monoisotopic (exact) mass is 344 g/mol. The molecule has 0 bridgehead atoms. The predicted molar refractivity (Wildman–Crippen MR) is 93.2 cm³/mol. The molecule has 1 aliphatic rings. The van der Waals surface area contributed by atoms with Crippen molar-refractivity contribution >= 4 is 33.3 Å². The standard InChI is InChI=1S/C17H17FN4OS/c1-11-10-19-17(24-11)22-7-5-21(6-8-22)16(23)15-9-12-13(18)3-2-4-14(12)20-15/h2-4,9-10,20H,5-8H2,1H3. The van der Waals surface area contributed by atoms with Crippen molar-refractivity contribution in [2.24, 2.45) is 0 Å². The van der Waals surface area contributed by atoms with Crippen LogP contribution in [0.15, 0.2) is 30.5 Å². The van der Waals surface area contributed by atoms with Gasteiger partial charge >= 0.3 is 0 Å². The van der Waals surface area contributed by atoms with E-state index in [-0.39, 0.29) is 11.7 Å². The molecule has 24 heavy (non-hydrogen) atoms. The van der Waals surface area contributed by atoms with E-state index in [1.807, 2.05) is 13.1 Å². The summed E-state index contributed by atoms with van der Waals surface area (Å²) in [6.45, 7) is 4.82. The molecule has 0 aliphatic carbocycles. The molecule has 5 nitrogen and oxygen atoms in total. The highest BCUT2D eigenvalue weighted by Crippen LogP contribution is 2.24. The van der Waals surface area contributed by atoms with Crippen molar-refractivity contribution in [3.63, 3.8) is 0 Å². The van der Waals surface area contributed by atoms with E-state index in [0.717, 1.165) is 18.2 Å². The number of hydrogen-bond donors (Lipinski definition) is 1. The van der Waals surface area contributed by atoms with Crippen molar-refractivity contribution < 1.29 is 9.18 Å². The van der Waals surface area contributed by atoms with Crippen molar-refractivity contribution in [2.45, 2.75) is 6.92 Å². The molecule has 1 saturated heterocycles. The van der Waals surface area contributed by atoms with Crippen LogP contribution in [0.3, 0.4) is 0 Å². The number of H-pyrrole nitrogens is 1. The van der Waals surface area contributed by atoms with Gasteiger partial charge in [0.15, 0.2) is 5.13 Å². The van der Waals surface area contributed by atoms with Crippen molar-refractivity contribution in [1.29, 1.82) is 0 Å². The Morgan fingerprint density at radius 3 is 2.75 bits per heavy atom. The molecular formula is C17H17FN4OS. The molecule has 0 saturated carbocycles. The molecule has 1 aromatic carbocycles. The summed E-state index contributed by atoms with van der Waals surface area (Å²) in [6, 6.07) is 6.41. The average Bonchev–Trinajstić information content (AvgIpc) is 3.21. The lowest BCUT2D eigenvalue weighted by Gasteiger charge is -2.34. The van der Waals surface area contributed by atoms with Crippen LogP contribution in [0.5, 0.6) is 0 Å². The molecule has 3 heterocycles. The van der Waals surface area contributed by atoms with E-state index in [0.29, 0.717) is 29.7 Å². The number of anilines is 1. The number of amides is 1. The van der Waals surface area contributed by atoms with Crippen molar-refractivity contribution in [3.8, 4) is 0 Å². The number of carbonyl (C=O) groups is 1. The van der Waals surface area contributed by atoms with Gasteiger partial charge < -0.3 is 14.8 Å². The van der Waals surface area contributed by atoms with Gasteiger partial charge in [0.1, 0.15) is 11.5 Å². The van der Waals surface area contributed by atoms with Crippen LogP contribution >= 0.6 is 11.3 Å². The molecule has 7 heteroatoms. The highest BCUT2D eigenvalue weighted by atomic mass is 32.1. The van der Waals surface area contributed by atoms with Gasteiger partial charge in [-0.05, 0) is 25.1 Å². The summed E-state index contributed by atoms with van der Waals surface area (Å²) in [5.41, 5.74) is 1.09. The van der Waals surface area contributed by atoms with Gasteiger partial charge in [0.05, 0.1) is 0 Å². The van der Waals surface area contributed by atoms with E-state index in [9.17, 15) is 9.18 Å². The number of nitrogens with one attached hydrogen (secondary N) is 1. The zero-order valence-electron chi connectivity index (χ0n) is 13.3. The van der Waals surface area contributed by atoms with Crippen LogP contribution < -0.4 is 4.90 Å². The molecule has 124 valence electrons. The van der Waals surface area contributed by atoms with E-state index in [4.69, 9.17) is 0 Å². The summed E-state index contributed by atoms with van der Waals surface area (Å²) in [7, 11) is 0. The average molecular weight is 344 g/mol. The van der Waals surface area contributed by atoms with Gasteiger partial charge in [-0.15, -0.1) is 11.3 Å². The second-order valence-electron chi connectivity index (χ2n) is 5.92. The Hall–Kier alpha value is -2.41. The van der Waals surface area contributed by atoms with Crippen molar-refractivity contribution in [2.75, 3.05) is 31.1 Å². The Balaban J connectivity index is 1.48. The minimum Gasteiger partial charge on any atom is -0.350 e. The fraction of sp³-hybridized carbons (Fsp3) is 0.294. The molecule has 0 unspecified atom stereocenters. The third-order valence-electron chi connectivity index (χ3n) is 4.29. The zero-order chi connectivity index (χ0) is 16.7. The summed E-state index contributed by atoms with van der Waals surface area (Å²) in [6.07, 6.45) is 1.87. The van der Waals surface area contributed by atoms with E-state index in [1.54, 1.807) is 34.4 Å². The van der Waals surface area contributed by atoms with Gasteiger partial charge in [-0.3, -0.25) is 4.79 Å². The van der Waals surface area contributed by atoms with E-state index >= 15 is 0 Å². The van der Waals surface area contributed by atoms with Gasteiger partial charge in [0, 0.05) is 48.2 Å². The lowest BCUT2D eigenvalue weighted by atomic mass is 10.2. The number of rotatable bonds is 2. The van der Waals surface area contributed by atoms with E-state index < -0.39 is 0 Å². The summed E-state index contributed by atoms with van der Waals surface area (Å²) >= 11 is 1.67. The molecule has 4 rings (SSSR count). The van der Waals surface area contributed by atoms with Crippen molar-refractivity contribution in [1.82, 2.24) is 14.9 Å². The van der Waals surface area contributed by atoms with Crippen LogP contribution in [0.25, 0.3) is 10.9 Å². The summed E-state index contributed by atoms with van der Waals surface area (Å²) in [5, 5.41) is 1.46. The number of benzene rings is 1. The molecule has 1 aliphatic heterocycles. The number of aromatic nitrogens is 2. The summed E-state index contributed by atoms with van der Waals surface area (Å²) in [5.74, 6) is -0.396. The Morgan fingerprint density at radius 2 is 2.08 bits per heavy atom. The minimum absolute atomic E-state index is 0.0828. The smallest absolute Gasteiger partial charge is 0.270 e. The zero-order valence-corrected chi connectivity index (χ0v) is 14.1. The van der Waals surface area contributed by atoms with Crippen LogP contribution in [0, 0.1) is 12.7 Å². The van der Waals surface area contributed by atoms with Crippen LogP contribution in [-0.4, -0.2) is 47.0 Å². The fourth-order valence-corrected chi connectivity index (χ4v) is 3.80. The van der Waals surface area contributed by atoms with E-state index in [2.05, 4.69) is 14.9 Å². The van der Waals surface area contributed by atoms with Gasteiger partial charge in [-0.1, -0.05) is 6.07 Å². The van der Waals surface area contributed by atoms with Gasteiger partial charge in [0.2, 0.25) is 0 Å². The minimum atomic E-state index is -0.313. The van der Waals surface area contributed by atoms with Crippen LogP contribution in [0.1, 0.15) is 15.4 Å². The molecule has 3 aromatic rings. The van der Waals surface area contributed by atoms with Gasteiger partial charge in [-0.2, -0.15) is 0 Å². The predicted octanol–water partition coefficient (Wildman–Crippen LogP) is 3.03. The number of thiazole rings is 1. The number of aromatic amines is 1. The number of hydrogen-bond acceptors (Lipinski definition) is 4. The Labute approximate surface area is 142 Å². The maximum absolute atomic E-state index is 13.8. The van der Waals surface area contributed by atoms with Crippen LogP contribution in [0.4, 0.5) is 9.52 Å². The first kappa shape index (κ1) is 15.1. The first-order valence-electron chi connectivity index (χ1n) is 7.86. The quantitative estimate of drug-likeness (QED) is 0.777. The number of piperazine rings is 1. The molecular weight excluding hydrogens is 327 g/mol. The van der Waals surface area contributed by atoms with Crippen LogP contribution in [0.2, 0.25) is 0 Å². The first-order valence-corrected chi connectivity index (χ1v) is 8.67. The van der Waals surface area contributed by atoms with E-state index in [1.165, 1.54) is 10.9 Å². The second-order valence-corrected chi connectivity index (χ2v) is 7.13. The Morgan fingerprint density at radius 1 is 1.29 bits per heavy atom. The largest absolute Gasteiger partial charge is 0.350 e. The molecule has 1 amide bonds. The second kappa shape index (κ2) is 5.90. The fourth-order valence-electron chi connectivity index (χ4n) is 2.99. The third kappa shape index (κ3) is 2.65. The summed E-state index contributed by atoms with van der Waals surface area (Å²) in [4.78, 5) is 25.3. The Bertz CT molecular complexity index is 895. The number of carbonyl (C=O) groups excluding carboxylic acids is 1. The lowest BCUT2D eigenvalue weighted by Crippen LogP contribution is -2.48. The molecule has 1 fully saturated rings. The molecule has 0 radical (unpaired) electrons. The number of aryl methyl sites for hydroxylation is 1. The number of nitrogens with zero attached hydrogens (tertiary/aromatic N) is 3. The third-order valence-corrected chi connectivity index (χ3v) is 5.26. The maximum atomic E-state index is 13.8. The normalized spacial score (nSPS) is 15.2. The number of fused-ring (bicyclic) bond motifs is 1. The summed E-state index contributed by atoms with van der Waals surface area (Å²) < 4.78 is 13.8. The topological polar surface area (TPSA) is 52.2 Å². The van der Waals surface area contributed by atoms with Crippen molar-refractivity contribution in [3.05, 3.63) is 46.9 Å². The SMILES string of the molecule is Cc1cnc(N2CCN(C(=O)c3cc4c(F)cccc4[nH]3)CC2)s1. The maximum Gasteiger partial charge on any atom is 0.270 e.